The second kappa shape index (κ2) is 10.7. The number of nitrogens with one attached hydrogen (secondary N) is 2. The van der Waals surface area contributed by atoms with Crippen LogP contribution in [0.5, 0.6) is 0 Å². The Morgan fingerprint density at radius 2 is 1.69 bits per heavy atom. The van der Waals surface area contributed by atoms with Gasteiger partial charge in [-0.2, -0.15) is 0 Å². The van der Waals surface area contributed by atoms with Crippen molar-refractivity contribution >= 4 is 29.3 Å². The highest BCUT2D eigenvalue weighted by molar-refractivity contribution is 7.13. The summed E-state index contributed by atoms with van der Waals surface area (Å²) in [7, 11) is 0. The highest BCUT2D eigenvalue weighted by atomic mass is 32.1. The average Bonchev–Trinajstić information content (AvgIpc) is 3.37. The van der Waals surface area contributed by atoms with Gasteiger partial charge in [0.15, 0.2) is 0 Å². The minimum Gasteiger partial charge on any atom is -0.481 e. The van der Waals surface area contributed by atoms with Gasteiger partial charge in [-0.05, 0) is 29.2 Å². The molecule has 4 N–H and O–H groups in total. The minimum absolute atomic E-state index is 0.0398. The van der Waals surface area contributed by atoms with Gasteiger partial charge in [-0.1, -0.05) is 48.5 Å². The Balaban J connectivity index is 1.30. The monoisotopic (exact) mass is 495 g/mol. The third-order valence-electron chi connectivity index (χ3n) is 5.68. The number of alkyl carbamates (subject to hydrolysis) is 1. The number of ether oxygens (including phenoxy) is 1. The molecule has 2 amide bonds. The Morgan fingerprint density at radius 1 is 1.06 bits per heavy atom. The smallest absolute Gasteiger partial charge is 0.407 e. The Hall–Kier alpha value is -3.76. The molecule has 4 rings (SSSR count). The van der Waals surface area contributed by atoms with Gasteiger partial charge in [0.25, 0.3) is 5.91 Å². The Labute approximate surface area is 205 Å². The molecule has 0 fully saturated rings. The predicted molar refractivity (Wildman–Crippen MR) is 129 cm³/mol. The molecule has 0 spiro atoms. The van der Waals surface area contributed by atoms with Gasteiger partial charge < -0.3 is 25.6 Å². The predicted octanol–water partition coefficient (Wildman–Crippen LogP) is 3.06. The number of hydrogen-bond acceptors (Lipinski definition) is 7. The molecule has 1 unspecified atom stereocenters. The molecule has 0 aliphatic heterocycles. The van der Waals surface area contributed by atoms with Crippen molar-refractivity contribution < 1.29 is 29.3 Å². The zero-order valence-electron chi connectivity index (χ0n) is 19.0. The van der Waals surface area contributed by atoms with Crippen LogP contribution >= 0.6 is 11.3 Å². The number of thiazole rings is 1. The molecule has 2 aromatic carbocycles. The number of benzene rings is 2. The van der Waals surface area contributed by atoms with Gasteiger partial charge >= 0.3 is 12.1 Å². The van der Waals surface area contributed by atoms with Crippen LogP contribution in [0.15, 0.2) is 48.5 Å². The molecular weight excluding hydrogens is 470 g/mol. The molecule has 0 radical (unpaired) electrons. The van der Waals surface area contributed by atoms with Crippen LogP contribution in [0.1, 0.15) is 43.8 Å². The number of amides is 2. The van der Waals surface area contributed by atoms with Gasteiger partial charge in [-0.25, -0.2) is 9.78 Å². The second-order valence-corrected chi connectivity index (χ2v) is 9.25. The number of aromatic nitrogens is 1. The molecule has 1 aliphatic carbocycles. The van der Waals surface area contributed by atoms with E-state index in [4.69, 9.17) is 9.84 Å². The summed E-state index contributed by atoms with van der Waals surface area (Å²) in [5.41, 5.74) is 5.03. The van der Waals surface area contributed by atoms with Gasteiger partial charge in [-0.3, -0.25) is 9.59 Å². The van der Waals surface area contributed by atoms with E-state index in [0.29, 0.717) is 15.6 Å². The quantitative estimate of drug-likeness (QED) is 0.358. The largest absolute Gasteiger partial charge is 0.481 e. The van der Waals surface area contributed by atoms with Crippen molar-refractivity contribution in [2.45, 2.75) is 31.9 Å². The molecule has 9 nitrogen and oxygen atoms in total. The van der Waals surface area contributed by atoms with Crippen LogP contribution in [0.2, 0.25) is 0 Å². The Morgan fingerprint density at radius 3 is 2.31 bits per heavy atom. The SMILES string of the molecule is Cc1nc(CNC(=O)OCC2c3ccccc3-c3ccccc32)sc1C(=O)NCC(O)CC(=O)O. The fraction of sp³-hybridized carbons (Fsp3) is 0.280. The standard InChI is InChI=1S/C25H25N3O6S/c1-14-23(24(32)26-11-15(29)10-22(30)31)35-21(28-14)12-27-25(33)34-13-20-18-8-4-2-6-16(18)17-7-3-5-9-19(17)20/h2-9,15,20,29H,10-13H2,1H3,(H,26,32)(H,27,33)(H,30,31). The minimum atomic E-state index is -1.18. The van der Waals surface area contributed by atoms with E-state index in [1.165, 1.54) is 0 Å². The maximum atomic E-state index is 12.4. The number of hydrogen-bond donors (Lipinski definition) is 4. The number of aliphatic hydroxyl groups is 1. The van der Waals surface area contributed by atoms with E-state index in [2.05, 4.69) is 27.8 Å². The number of carboxylic acids is 1. The van der Waals surface area contributed by atoms with Crippen molar-refractivity contribution in [3.63, 3.8) is 0 Å². The van der Waals surface area contributed by atoms with E-state index in [9.17, 15) is 19.5 Å². The van der Waals surface area contributed by atoms with Gasteiger partial charge in [0, 0.05) is 12.5 Å². The van der Waals surface area contributed by atoms with Crippen molar-refractivity contribution in [3.8, 4) is 11.1 Å². The number of carbonyl (C=O) groups is 3. The number of carbonyl (C=O) groups excluding carboxylic acids is 2. The van der Waals surface area contributed by atoms with Gasteiger partial charge in [-0.15, -0.1) is 11.3 Å². The zero-order valence-corrected chi connectivity index (χ0v) is 19.8. The lowest BCUT2D eigenvalue weighted by Gasteiger charge is -2.14. The molecule has 10 heteroatoms. The van der Waals surface area contributed by atoms with Crippen LogP contribution in [0, 0.1) is 6.92 Å². The molecule has 0 saturated heterocycles. The number of nitrogens with zero attached hydrogens (tertiary/aromatic N) is 1. The molecule has 1 aliphatic rings. The third kappa shape index (κ3) is 5.67. The summed E-state index contributed by atoms with van der Waals surface area (Å²) in [5, 5.41) is 24.0. The number of aliphatic carboxylic acids is 1. The Kier molecular flexibility index (Phi) is 7.42. The van der Waals surface area contributed by atoms with Crippen molar-refractivity contribution in [1.82, 2.24) is 15.6 Å². The summed E-state index contributed by atoms with van der Waals surface area (Å²) in [6, 6.07) is 16.2. The number of fused-ring (bicyclic) bond motifs is 3. The molecule has 1 aromatic heterocycles. The van der Waals surface area contributed by atoms with Crippen molar-refractivity contribution in [3.05, 3.63) is 75.2 Å². The number of aryl methyl sites for hydroxylation is 1. The Bertz CT molecular complexity index is 1210. The van der Waals surface area contributed by atoms with Crippen LogP contribution < -0.4 is 10.6 Å². The van der Waals surface area contributed by atoms with Crippen molar-refractivity contribution in [2.75, 3.05) is 13.2 Å². The summed E-state index contributed by atoms with van der Waals surface area (Å²) in [4.78, 5) is 40.0. The average molecular weight is 496 g/mol. The first kappa shape index (κ1) is 24.4. The van der Waals surface area contributed by atoms with E-state index < -0.39 is 30.5 Å². The number of aliphatic hydroxyl groups excluding tert-OH is 1. The van der Waals surface area contributed by atoms with E-state index in [-0.39, 0.29) is 25.6 Å². The number of carboxylic acid groups (broad SMARTS) is 1. The molecule has 182 valence electrons. The molecule has 1 heterocycles. The van der Waals surface area contributed by atoms with E-state index in [1.807, 2.05) is 36.4 Å². The fourth-order valence-electron chi connectivity index (χ4n) is 4.10. The summed E-state index contributed by atoms with van der Waals surface area (Å²) in [6.07, 6.45) is -2.22. The van der Waals surface area contributed by atoms with Crippen LogP contribution in [0.4, 0.5) is 4.79 Å². The molecule has 35 heavy (non-hydrogen) atoms. The normalized spacial score (nSPS) is 13.0. The molecular formula is C25H25N3O6S. The highest BCUT2D eigenvalue weighted by Crippen LogP contribution is 2.44. The van der Waals surface area contributed by atoms with E-state index in [0.717, 1.165) is 33.6 Å². The van der Waals surface area contributed by atoms with Gasteiger partial charge in [0.2, 0.25) is 0 Å². The fourth-order valence-corrected chi connectivity index (χ4v) is 5.02. The first-order valence-electron chi connectivity index (χ1n) is 11.1. The molecule has 0 saturated carbocycles. The maximum absolute atomic E-state index is 12.4. The highest BCUT2D eigenvalue weighted by Gasteiger charge is 2.29. The lowest BCUT2D eigenvalue weighted by molar-refractivity contribution is -0.139. The second-order valence-electron chi connectivity index (χ2n) is 8.16. The summed E-state index contributed by atoms with van der Waals surface area (Å²) >= 11 is 1.11. The van der Waals surface area contributed by atoms with E-state index in [1.54, 1.807) is 6.92 Å². The van der Waals surface area contributed by atoms with E-state index >= 15 is 0 Å². The van der Waals surface area contributed by atoms with Crippen molar-refractivity contribution in [1.29, 1.82) is 0 Å². The summed E-state index contributed by atoms with van der Waals surface area (Å²) < 4.78 is 5.51. The first-order valence-corrected chi connectivity index (χ1v) is 11.9. The van der Waals surface area contributed by atoms with Crippen LogP contribution in [-0.4, -0.2) is 52.4 Å². The molecule has 3 aromatic rings. The van der Waals surface area contributed by atoms with Crippen LogP contribution in [0.25, 0.3) is 11.1 Å². The zero-order chi connectivity index (χ0) is 24.9. The van der Waals surface area contributed by atoms with Gasteiger partial charge in [0.05, 0.1) is 24.8 Å². The lowest BCUT2D eigenvalue weighted by atomic mass is 9.98. The number of rotatable bonds is 9. The summed E-state index contributed by atoms with van der Waals surface area (Å²) in [5.74, 6) is -1.65. The first-order chi connectivity index (χ1) is 16.8. The van der Waals surface area contributed by atoms with Crippen LogP contribution in [0.3, 0.4) is 0 Å². The van der Waals surface area contributed by atoms with Gasteiger partial charge in [0.1, 0.15) is 16.5 Å². The lowest BCUT2D eigenvalue weighted by Crippen LogP contribution is -2.33. The molecule has 1 atom stereocenters. The third-order valence-corrected chi connectivity index (χ3v) is 6.84. The molecule has 0 bridgehead atoms. The van der Waals surface area contributed by atoms with Crippen LogP contribution in [-0.2, 0) is 16.1 Å². The maximum Gasteiger partial charge on any atom is 0.407 e. The topological polar surface area (TPSA) is 138 Å². The van der Waals surface area contributed by atoms with Crippen molar-refractivity contribution in [2.24, 2.45) is 0 Å². The summed E-state index contributed by atoms with van der Waals surface area (Å²) in [6.45, 7) is 1.77.